The minimum Gasteiger partial charge on any atom is -0.494 e. The molecule has 0 atom stereocenters. The third kappa shape index (κ3) is 17.5. The summed E-state index contributed by atoms with van der Waals surface area (Å²) < 4.78 is 11.9. The number of nitrogens with one attached hydrogen (secondary N) is 4. The van der Waals surface area contributed by atoms with Crippen LogP contribution in [0, 0.1) is 69.2 Å². The SMILES string of the molecule is CBr.CCCCOc1ccc(C(=O)n2c(C)c(/C=C/C(=O)O)c3cc(C)ccc32)cc1.COC(=O)/C=C/c1c(C)[nH]c2ccc(C)cc12.Cc1ccc2[nH]c(C)c(/C=C/C(=O)O)c2c1.Cc1ccc2[nH]c(C)c(C=O)c2c1.Cc1ccc2[nH]c(C)cc2c1. The van der Waals surface area contributed by atoms with Crippen molar-refractivity contribution >= 4 is 119 Å². The largest absolute Gasteiger partial charge is 0.494 e. The number of aryl methyl sites for hydroxylation is 9. The zero-order valence-electron chi connectivity index (χ0n) is 52.3. The molecule has 5 heterocycles. The van der Waals surface area contributed by atoms with Gasteiger partial charge in [-0.3, -0.25) is 14.2 Å². The number of aromatic amines is 4. The van der Waals surface area contributed by atoms with E-state index < -0.39 is 11.9 Å². The van der Waals surface area contributed by atoms with E-state index in [1.165, 1.54) is 46.5 Å². The molecule has 0 aliphatic rings. The van der Waals surface area contributed by atoms with Crippen molar-refractivity contribution in [1.29, 1.82) is 0 Å². The Morgan fingerprint density at radius 2 is 0.943 bits per heavy atom. The number of fused-ring (bicyclic) bond motifs is 5. The van der Waals surface area contributed by atoms with Crippen LogP contribution in [0.2, 0.25) is 0 Å². The molecule has 0 saturated heterocycles. The van der Waals surface area contributed by atoms with E-state index in [0.717, 1.165) is 131 Å². The lowest BCUT2D eigenvalue weighted by Gasteiger charge is -2.09. The number of carboxylic acids is 2. The summed E-state index contributed by atoms with van der Waals surface area (Å²) in [7, 11) is 1.37. The molecule has 0 aliphatic carbocycles. The zero-order valence-corrected chi connectivity index (χ0v) is 53.9. The molecule has 0 radical (unpaired) electrons. The Balaban J connectivity index is 0.000000182. The van der Waals surface area contributed by atoms with Crippen molar-refractivity contribution < 1.29 is 43.7 Å². The Bertz CT molecular complexity index is 4370. The Labute approximate surface area is 522 Å². The number of aldehydes is 1. The van der Waals surface area contributed by atoms with Crippen LogP contribution in [0.5, 0.6) is 5.75 Å². The molecule has 14 nitrogen and oxygen atoms in total. The Morgan fingerprint density at radius 3 is 1.42 bits per heavy atom. The summed E-state index contributed by atoms with van der Waals surface area (Å²) in [6, 6.07) is 39.9. The van der Waals surface area contributed by atoms with Crippen molar-refractivity contribution in [3.8, 4) is 5.75 Å². The number of carbonyl (C=O) groups is 5. The monoisotopic (exact) mass is 1250 g/mol. The Hall–Kier alpha value is -9.73. The fourth-order valence-electron chi connectivity index (χ4n) is 10.1. The average Bonchev–Trinajstić information content (AvgIpc) is 3.75. The molecule has 15 heteroatoms. The normalized spacial score (nSPS) is 10.9. The number of aliphatic carboxylic acids is 2. The van der Waals surface area contributed by atoms with Crippen LogP contribution in [0.4, 0.5) is 0 Å². The summed E-state index contributed by atoms with van der Waals surface area (Å²) in [6.45, 7) is 22.7. The van der Waals surface area contributed by atoms with Gasteiger partial charge in [0.25, 0.3) is 5.91 Å². The van der Waals surface area contributed by atoms with Gasteiger partial charge in [-0.05, 0) is 196 Å². The van der Waals surface area contributed by atoms with Crippen molar-refractivity contribution in [2.24, 2.45) is 0 Å². The molecule has 456 valence electrons. The van der Waals surface area contributed by atoms with Crippen LogP contribution >= 0.6 is 15.9 Å². The number of halogens is 1. The number of H-pyrrole nitrogens is 4. The van der Waals surface area contributed by atoms with Gasteiger partial charge in [-0.1, -0.05) is 87.4 Å². The predicted octanol–water partition coefficient (Wildman–Crippen LogP) is 17.5. The first kappa shape index (κ1) is 67.4. The smallest absolute Gasteiger partial charge is 0.330 e. The van der Waals surface area contributed by atoms with Crippen LogP contribution in [-0.4, -0.2) is 84.4 Å². The second-order valence-electron chi connectivity index (χ2n) is 21.4. The van der Waals surface area contributed by atoms with Gasteiger partial charge < -0.3 is 39.6 Å². The van der Waals surface area contributed by atoms with Gasteiger partial charge in [0.1, 0.15) is 5.75 Å². The van der Waals surface area contributed by atoms with Crippen molar-refractivity contribution in [1.82, 2.24) is 24.5 Å². The summed E-state index contributed by atoms with van der Waals surface area (Å²) in [5, 5.41) is 23.0. The van der Waals surface area contributed by atoms with E-state index in [4.69, 9.17) is 14.9 Å². The fraction of sp³-hybridized carbons (Fsp3) is 0.219. The summed E-state index contributed by atoms with van der Waals surface area (Å²) in [5.41, 5.74) is 20.0. The van der Waals surface area contributed by atoms with Crippen molar-refractivity contribution in [3.63, 3.8) is 0 Å². The van der Waals surface area contributed by atoms with E-state index in [1.54, 1.807) is 47.1 Å². The van der Waals surface area contributed by atoms with Crippen LogP contribution in [0.15, 0.2) is 140 Å². The van der Waals surface area contributed by atoms with Crippen LogP contribution < -0.4 is 4.74 Å². The molecule has 0 aliphatic heterocycles. The number of rotatable bonds is 12. The summed E-state index contributed by atoms with van der Waals surface area (Å²) in [4.78, 5) is 69.7. The van der Waals surface area contributed by atoms with Crippen LogP contribution in [-0.2, 0) is 19.1 Å². The van der Waals surface area contributed by atoms with Gasteiger partial charge in [-0.25, -0.2) is 14.4 Å². The number of alkyl halides is 1. The first-order valence-electron chi connectivity index (χ1n) is 28.7. The Kier molecular flexibility index (Phi) is 24.2. The number of ether oxygens (including phenoxy) is 2. The second-order valence-corrected chi connectivity index (χ2v) is 21.4. The molecular formula is C73H78BrN5O9. The number of carbonyl (C=O) groups excluding carboxylic acids is 3. The van der Waals surface area contributed by atoms with Gasteiger partial charge in [0.05, 0.1) is 19.2 Å². The first-order valence-corrected chi connectivity index (χ1v) is 30.3. The summed E-state index contributed by atoms with van der Waals surface area (Å²) >= 11 is 2.94. The highest BCUT2D eigenvalue weighted by molar-refractivity contribution is 9.08. The highest BCUT2D eigenvalue weighted by Crippen LogP contribution is 2.31. The van der Waals surface area contributed by atoms with Crippen LogP contribution in [0.1, 0.15) is 113 Å². The van der Waals surface area contributed by atoms with Crippen LogP contribution in [0.25, 0.3) is 72.7 Å². The number of benzene rings is 6. The maximum Gasteiger partial charge on any atom is 0.330 e. The van der Waals surface area contributed by atoms with E-state index in [2.05, 4.69) is 111 Å². The predicted molar refractivity (Wildman–Crippen MR) is 364 cm³/mol. The van der Waals surface area contributed by atoms with Gasteiger partial charge in [-0.2, -0.15) is 0 Å². The van der Waals surface area contributed by atoms with Crippen molar-refractivity contribution in [3.05, 3.63) is 224 Å². The zero-order chi connectivity index (χ0) is 64.4. The van der Waals surface area contributed by atoms with E-state index in [-0.39, 0.29) is 11.9 Å². The van der Waals surface area contributed by atoms with E-state index in [1.807, 2.05) is 109 Å². The lowest BCUT2D eigenvalue weighted by atomic mass is 10.1. The quantitative estimate of drug-likeness (QED) is 0.0225. The number of esters is 1. The highest BCUT2D eigenvalue weighted by atomic mass is 79.9. The minimum atomic E-state index is -1.03. The fourth-order valence-corrected chi connectivity index (χ4v) is 10.1. The topological polar surface area (TPSA) is 212 Å². The number of carboxylic acid groups (broad SMARTS) is 2. The molecule has 11 aromatic rings. The third-order valence-corrected chi connectivity index (χ3v) is 14.5. The molecule has 0 spiro atoms. The number of hydrogen-bond donors (Lipinski definition) is 6. The van der Waals surface area contributed by atoms with Gasteiger partial charge in [0.2, 0.25) is 0 Å². The number of methoxy groups -OCH3 is 1. The molecule has 0 unspecified atom stereocenters. The maximum atomic E-state index is 13.3. The lowest BCUT2D eigenvalue weighted by Crippen LogP contribution is -2.13. The van der Waals surface area contributed by atoms with Crippen LogP contribution in [0.3, 0.4) is 0 Å². The molecule has 11 rings (SSSR count). The molecular weight excluding hydrogens is 1170 g/mol. The van der Waals surface area contributed by atoms with Gasteiger partial charge in [0.15, 0.2) is 6.29 Å². The highest BCUT2D eigenvalue weighted by Gasteiger charge is 2.20. The van der Waals surface area contributed by atoms with E-state index in [9.17, 15) is 24.0 Å². The minimum absolute atomic E-state index is 0.161. The van der Waals surface area contributed by atoms with Gasteiger partial charge in [0, 0.05) is 118 Å². The number of unbranched alkanes of at least 4 members (excludes halogenated alkanes) is 1. The third-order valence-electron chi connectivity index (χ3n) is 14.5. The maximum absolute atomic E-state index is 13.3. The van der Waals surface area contributed by atoms with Gasteiger partial charge >= 0.3 is 17.9 Å². The lowest BCUT2D eigenvalue weighted by molar-refractivity contribution is -0.135. The number of aromatic nitrogens is 5. The van der Waals surface area contributed by atoms with Crippen molar-refractivity contribution in [2.75, 3.05) is 19.5 Å². The summed E-state index contributed by atoms with van der Waals surface area (Å²) in [5.74, 6) is 0.0967. The second kappa shape index (κ2) is 31.6. The molecule has 5 aromatic heterocycles. The van der Waals surface area contributed by atoms with Gasteiger partial charge in [-0.15, -0.1) is 0 Å². The molecule has 0 bridgehead atoms. The molecule has 88 heavy (non-hydrogen) atoms. The van der Waals surface area contributed by atoms with E-state index in [0.29, 0.717) is 17.9 Å². The number of nitrogens with zero attached hydrogens (tertiary/aromatic N) is 1. The van der Waals surface area contributed by atoms with E-state index >= 15 is 0 Å². The standard InChI is InChI=1S/C24H25NO4.C14H15NO2.C13H13NO2.C11H11NO.C10H11N.CH3Br/c1-4-5-14-29-19-9-7-18(8-10-19)24(28)25-17(3)20(11-13-23(26)27)21-15-16(2)6-12-22(21)25;1-9-4-6-13-12(8-9)11(10(2)15-13)5-7-14(16)17-3;1-8-3-5-12-11(7-8)10(9(2)14-12)4-6-13(15)16;1-7-3-4-11-9(5-7)10(6-13)8(2)12-11;1-7-3-4-10-9(5-7)6-8(2)11-10;1-2/h6-13,15H,4-5,14H2,1-3H3,(H,26,27);4-8,15H,1-3H3;3-7,14H,1-2H3,(H,15,16);3-6,12H,1-2H3;3-6,11H,1-2H3;1H3/b13-11+;7-5+;6-4+;;;. The van der Waals surface area contributed by atoms with Crippen molar-refractivity contribution in [2.45, 2.75) is 89.0 Å². The average molecular weight is 1250 g/mol. The summed E-state index contributed by atoms with van der Waals surface area (Å²) in [6.07, 6.45) is 11.6. The molecule has 0 amide bonds. The number of hydrogen-bond acceptors (Lipinski definition) is 7. The molecule has 0 saturated carbocycles. The molecule has 6 N–H and O–H groups in total. The Morgan fingerprint density at radius 1 is 0.511 bits per heavy atom. The first-order chi connectivity index (χ1) is 42.1. The molecule has 6 aromatic carbocycles. The molecule has 0 fully saturated rings.